The second-order valence-electron chi connectivity index (χ2n) is 7.12. The molecule has 0 saturated carbocycles. The minimum Gasteiger partial charge on any atom is -0.337 e. The highest BCUT2D eigenvalue weighted by atomic mass is 15.1. The quantitative estimate of drug-likeness (QED) is 0.450. The molecule has 1 heteroatoms. The van der Waals surface area contributed by atoms with Crippen LogP contribution in [0.2, 0.25) is 0 Å². The van der Waals surface area contributed by atoms with E-state index in [0.717, 1.165) is 32.2 Å². The van der Waals surface area contributed by atoms with Crippen molar-refractivity contribution in [2.45, 2.75) is 39.5 Å². The predicted molar refractivity (Wildman–Crippen MR) is 119 cm³/mol. The van der Waals surface area contributed by atoms with E-state index in [1.54, 1.807) is 0 Å². The van der Waals surface area contributed by atoms with E-state index in [1.165, 1.54) is 22.5 Å². The molecule has 1 unspecified atom stereocenters. The van der Waals surface area contributed by atoms with E-state index in [9.17, 15) is 0 Å². The Morgan fingerprint density at radius 1 is 0.963 bits per heavy atom. The maximum absolute atomic E-state index is 2.49. The Morgan fingerprint density at radius 2 is 1.74 bits per heavy atom. The fourth-order valence-electron chi connectivity index (χ4n) is 3.76. The van der Waals surface area contributed by atoms with Crippen molar-refractivity contribution in [1.82, 2.24) is 0 Å². The summed E-state index contributed by atoms with van der Waals surface area (Å²) in [6.45, 7) is 5.38. The van der Waals surface area contributed by atoms with Crippen LogP contribution in [0.4, 0.5) is 11.4 Å². The van der Waals surface area contributed by atoms with Gasteiger partial charge in [-0.3, -0.25) is 0 Å². The van der Waals surface area contributed by atoms with Gasteiger partial charge in [0.2, 0.25) is 0 Å². The standard InChI is InChI=1S/C26H31N/c1-3-5-7-15-23-16-10-11-17-24(23)21-27(25-18-8-6-9-19-25)26-20-13-12-14-22(26)4-2/h5-14,17-20,23H,3-4,15-16,21H2,1-2H3. The van der Waals surface area contributed by atoms with Crippen molar-refractivity contribution in [2.24, 2.45) is 5.92 Å². The molecule has 1 atom stereocenters. The first-order valence-corrected chi connectivity index (χ1v) is 10.2. The summed E-state index contributed by atoms with van der Waals surface area (Å²) < 4.78 is 0. The summed E-state index contributed by atoms with van der Waals surface area (Å²) in [6, 6.07) is 19.6. The van der Waals surface area contributed by atoms with Gasteiger partial charge in [-0.1, -0.05) is 80.6 Å². The van der Waals surface area contributed by atoms with Gasteiger partial charge < -0.3 is 4.90 Å². The molecule has 27 heavy (non-hydrogen) atoms. The third kappa shape index (κ3) is 5.01. The second-order valence-corrected chi connectivity index (χ2v) is 7.12. The zero-order chi connectivity index (χ0) is 18.9. The van der Waals surface area contributed by atoms with Crippen molar-refractivity contribution in [3.05, 3.63) is 96.1 Å². The maximum Gasteiger partial charge on any atom is 0.0447 e. The van der Waals surface area contributed by atoms with Crippen LogP contribution >= 0.6 is 0 Å². The van der Waals surface area contributed by atoms with Crippen molar-refractivity contribution in [2.75, 3.05) is 11.4 Å². The van der Waals surface area contributed by atoms with Crippen molar-refractivity contribution < 1.29 is 0 Å². The summed E-state index contributed by atoms with van der Waals surface area (Å²) in [5.41, 5.74) is 5.50. The summed E-state index contributed by atoms with van der Waals surface area (Å²) in [5.74, 6) is 0.595. The molecular weight excluding hydrogens is 326 g/mol. The lowest BCUT2D eigenvalue weighted by Crippen LogP contribution is -2.25. The zero-order valence-corrected chi connectivity index (χ0v) is 16.6. The lowest BCUT2D eigenvalue weighted by atomic mass is 9.87. The fourth-order valence-corrected chi connectivity index (χ4v) is 3.76. The molecule has 0 saturated heterocycles. The van der Waals surface area contributed by atoms with Gasteiger partial charge in [-0.05, 0) is 60.9 Å². The van der Waals surface area contributed by atoms with Crippen LogP contribution in [0.15, 0.2) is 90.6 Å². The van der Waals surface area contributed by atoms with Gasteiger partial charge >= 0.3 is 0 Å². The number of aryl methyl sites for hydroxylation is 1. The molecule has 0 fully saturated rings. The minimum atomic E-state index is 0.595. The first kappa shape index (κ1) is 19.2. The highest BCUT2D eigenvalue weighted by Crippen LogP contribution is 2.33. The Hall–Kier alpha value is -2.54. The van der Waals surface area contributed by atoms with Gasteiger partial charge in [0, 0.05) is 17.9 Å². The molecule has 0 spiro atoms. The third-order valence-corrected chi connectivity index (χ3v) is 5.29. The SMILES string of the molecule is CCC=CCC1CC=CC=C1CN(c1ccccc1)c1ccccc1CC. The van der Waals surface area contributed by atoms with Crippen molar-refractivity contribution in [1.29, 1.82) is 0 Å². The zero-order valence-electron chi connectivity index (χ0n) is 16.6. The molecule has 0 aromatic heterocycles. The molecule has 0 aliphatic heterocycles. The number of allylic oxidation sites excluding steroid dienone is 5. The Balaban J connectivity index is 1.92. The molecule has 2 aromatic carbocycles. The molecule has 2 aromatic rings. The van der Waals surface area contributed by atoms with Crippen LogP contribution in [0.3, 0.4) is 0 Å². The van der Waals surface area contributed by atoms with E-state index in [1.807, 2.05) is 0 Å². The fraction of sp³-hybridized carbons (Fsp3) is 0.308. The van der Waals surface area contributed by atoms with E-state index in [0.29, 0.717) is 5.92 Å². The Morgan fingerprint density at radius 3 is 2.52 bits per heavy atom. The molecule has 3 rings (SSSR count). The van der Waals surface area contributed by atoms with Gasteiger partial charge in [0.15, 0.2) is 0 Å². The first-order valence-electron chi connectivity index (χ1n) is 10.2. The Labute approximate surface area is 164 Å². The summed E-state index contributed by atoms with van der Waals surface area (Å²) in [6.07, 6.45) is 15.9. The Kier molecular flexibility index (Phi) is 7.10. The molecular formula is C26H31N. The monoisotopic (exact) mass is 357 g/mol. The van der Waals surface area contributed by atoms with E-state index < -0.39 is 0 Å². The van der Waals surface area contributed by atoms with Gasteiger partial charge in [-0.25, -0.2) is 0 Å². The predicted octanol–water partition coefficient (Wildman–Crippen LogP) is 7.25. The molecule has 0 heterocycles. The minimum absolute atomic E-state index is 0.595. The summed E-state index contributed by atoms with van der Waals surface area (Å²) in [7, 11) is 0. The molecule has 140 valence electrons. The number of hydrogen-bond donors (Lipinski definition) is 0. The van der Waals surface area contributed by atoms with Crippen LogP contribution < -0.4 is 4.90 Å². The molecule has 0 amide bonds. The van der Waals surface area contributed by atoms with Crippen LogP contribution in [-0.2, 0) is 6.42 Å². The summed E-state index contributed by atoms with van der Waals surface area (Å²) in [5, 5.41) is 0. The van der Waals surface area contributed by atoms with Crippen LogP contribution in [0.1, 0.15) is 38.7 Å². The number of rotatable bonds is 8. The summed E-state index contributed by atoms with van der Waals surface area (Å²) in [4.78, 5) is 2.49. The average Bonchev–Trinajstić information content (AvgIpc) is 2.74. The van der Waals surface area contributed by atoms with Crippen LogP contribution in [0.5, 0.6) is 0 Å². The number of nitrogens with zero attached hydrogens (tertiary/aromatic N) is 1. The maximum atomic E-state index is 2.49. The molecule has 0 radical (unpaired) electrons. The number of anilines is 2. The van der Waals surface area contributed by atoms with Crippen LogP contribution in [-0.4, -0.2) is 6.54 Å². The number of hydrogen-bond acceptors (Lipinski definition) is 1. The lowest BCUT2D eigenvalue weighted by molar-refractivity contribution is 0.611. The largest absolute Gasteiger partial charge is 0.337 e. The van der Waals surface area contributed by atoms with Crippen molar-refractivity contribution in [3.8, 4) is 0 Å². The molecule has 1 nitrogen and oxygen atoms in total. The van der Waals surface area contributed by atoms with E-state index >= 15 is 0 Å². The van der Waals surface area contributed by atoms with Gasteiger partial charge in [0.25, 0.3) is 0 Å². The smallest absolute Gasteiger partial charge is 0.0447 e. The van der Waals surface area contributed by atoms with Crippen molar-refractivity contribution in [3.63, 3.8) is 0 Å². The normalized spacial score (nSPS) is 16.5. The highest BCUT2D eigenvalue weighted by molar-refractivity contribution is 5.67. The number of para-hydroxylation sites is 2. The molecule has 1 aliphatic rings. The van der Waals surface area contributed by atoms with Gasteiger partial charge in [0.1, 0.15) is 0 Å². The number of benzene rings is 2. The second kappa shape index (κ2) is 9.97. The first-order chi connectivity index (χ1) is 13.3. The van der Waals surface area contributed by atoms with E-state index in [4.69, 9.17) is 0 Å². The Bertz CT molecular complexity index is 798. The summed E-state index contributed by atoms with van der Waals surface area (Å²) >= 11 is 0. The molecule has 0 N–H and O–H groups in total. The van der Waals surface area contributed by atoms with Crippen LogP contribution in [0.25, 0.3) is 0 Å². The van der Waals surface area contributed by atoms with Gasteiger partial charge in [0.05, 0.1) is 0 Å². The molecule has 1 aliphatic carbocycles. The van der Waals surface area contributed by atoms with Gasteiger partial charge in [-0.15, -0.1) is 0 Å². The lowest BCUT2D eigenvalue weighted by Gasteiger charge is -2.31. The molecule has 0 bridgehead atoms. The van der Waals surface area contributed by atoms with Crippen molar-refractivity contribution >= 4 is 11.4 Å². The van der Waals surface area contributed by atoms with E-state index in [-0.39, 0.29) is 0 Å². The van der Waals surface area contributed by atoms with E-state index in [2.05, 4.69) is 104 Å². The van der Waals surface area contributed by atoms with Crippen LogP contribution in [0, 0.1) is 5.92 Å². The average molecular weight is 358 g/mol. The van der Waals surface area contributed by atoms with Gasteiger partial charge in [-0.2, -0.15) is 0 Å². The topological polar surface area (TPSA) is 3.24 Å². The highest BCUT2D eigenvalue weighted by Gasteiger charge is 2.20. The third-order valence-electron chi connectivity index (χ3n) is 5.29.